The van der Waals surface area contributed by atoms with Crippen molar-refractivity contribution in [2.75, 3.05) is 70.6 Å². The van der Waals surface area contributed by atoms with Gasteiger partial charge in [-0.3, -0.25) is 14.6 Å². The molecule has 0 aromatic carbocycles. The van der Waals surface area contributed by atoms with Crippen LogP contribution in [0.15, 0.2) is 0 Å². The molecule has 0 aromatic rings. The first-order valence-corrected chi connectivity index (χ1v) is 11.0. The number of hydrogen-bond acceptors (Lipinski definition) is 7. The summed E-state index contributed by atoms with van der Waals surface area (Å²) in [5.41, 5.74) is 0. The van der Waals surface area contributed by atoms with E-state index in [1.54, 1.807) is 4.90 Å². The van der Waals surface area contributed by atoms with Crippen molar-refractivity contribution >= 4 is 15.7 Å². The number of carbonyl (C=O) groups is 1. The first kappa shape index (κ1) is 19.0. The summed E-state index contributed by atoms with van der Waals surface area (Å²) >= 11 is 0. The van der Waals surface area contributed by atoms with E-state index in [4.69, 9.17) is 4.74 Å². The van der Waals surface area contributed by atoms with Gasteiger partial charge < -0.3 is 14.7 Å². The number of rotatable bonds is 6. The molecule has 0 bridgehead atoms. The van der Waals surface area contributed by atoms with E-state index in [1.165, 1.54) is 0 Å². The zero-order valence-corrected chi connectivity index (χ0v) is 15.5. The van der Waals surface area contributed by atoms with Crippen LogP contribution >= 0.6 is 0 Å². The van der Waals surface area contributed by atoms with Crippen LogP contribution < -0.4 is 0 Å². The Morgan fingerprint density at radius 3 is 2.48 bits per heavy atom. The smallest absolute Gasteiger partial charge is 0.222 e. The lowest BCUT2D eigenvalue weighted by Gasteiger charge is -2.43. The number of fused-ring (bicyclic) bond motifs is 1. The van der Waals surface area contributed by atoms with Crippen molar-refractivity contribution in [2.24, 2.45) is 0 Å². The molecule has 25 heavy (non-hydrogen) atoms. The number of hydrogen-bond donors (Lipinski definition) is 1. The van der Waals surface area contributed by atoms with Gasteiger partial charge in [0.25, 0.3) is 0 Å². The summed E-state index contributed by atoms with van der Waals surface area (Å²) in [7, 11) is -3.12. The fraction of sp³-hybridized carbons (Fsp3) is 0.938. The Labute approximate surface area is 149 Å². The van der Waals surface area contributed by atoms with E-state index in [1.807, 2.05) is 4.90 Å². The van der Waals surface area contributed by atoms with Gasteiger partial charge in [-0.15, -0.1) is 0 Å². The van der Waals surface area contributed by atoms with Crippen LogP contribution in [-0.4, -0.2) is 117 Å². The highest BCUT2D eigenvalue weighted by atomic mass is 32.2. The summed E-state index contributed by atoms with van der Waals surface area (Å²) in [5.74, 6) is 0.202. The van der Waals surface area contributed by atoms with Crippen LogP contribution in [-0.2, 0) is 19.4 Å². The summed E-state index contributed by atoms with van der Waals surface area (Å²) in [5, 5.41) is 9.20. The number of amides is 1. The average Bonchev–Trinajstić information content (AvgIpc) is 2.91. The van der Waals surface area contributed by atoms with E-state index in [2.05, 4.69) is 4.90 Å². The van der Waals surface area contributed by atoms with Crippen LogP contribution in [0.3, 0.4) is 0 Å². The number of nitrogens with zero attached hydrogens (tertiary/aromatic N) is 3. The minimum absolute atomic E-state index is 0.0107. The molecule has 3 aliphatic heterocycles. The van der Waals surface area contributed by atoms with Gasteiger partial charge in [-0.1, -0.05) is 0 Å². The molecule has 0 radical (unpaired) electrons. The van der Waals surface area contributed by atoms with E-state index in [0.717, 1.165) is 39.3 Å². The molecule has 0 aliphatic carbocycles. The number of aliphatic hydroxyl groups excluding tert-OH is 1. The molecule has 2 atom stereocenters. The first-order valence-electron chi connectivity index (χ1n) is 9.15. The number of sulfone groups is 1. The Balaban J connectivity index is 1.54. The zero-order valence-electron chi connectivity index (χ0n) is 14.7. The van der Waals surface area contributed by atoms with Crippen LogP contribution in [0.2, 0.25) is 0 Å². The molecule has 144 valence electrons. The number of piperazine rings is 1. The summed E-state index contributed by atoms with van der Waals surface area (Å²) in [6.45, 7) is 5.87. The maximum Gasteiger partial charge on any atom is 0.222 e. The van der Waals surface area contributed by atoms with Crippen molar-refractivity contribution in [3.8, 4) is 0 Å². The van der Waals surface area contributed by atoms with E-state index >= 15 is 0 Å². The minimum atomic E-state index is -3.12. The highest BCUT2D eigenvalue weighted by Crippen LogP contribution is 2.27. The molecule has 0 saturated carbocycles. The second-order valence-corrected chi connectivity index (χ2v) is 9.27. The Morgan fingerprint density at radius 1 is 1.04 bits per heavy atom. The molecule has 3 heterocycles. The highest BCUT2D eigenvalue weighted by Gasteiger charge is 2.47. The van der Waals surface area contributed by atoms with Crippen molar-refractivity contribution in [1.82, 2.24) is 14.7 Å². The third-order valence-electron chi connectivity index (χ3n) is 5.47. The third kappa shape index (κ3) is 4.71. The van der Waals surface area contributed by atoms with E-state index < -0.39 is 9.84 Å². The van der Waals surface area contributed by atoms with Crippen LogP contribution in [0.5, 0.6) is 0 Å². The van der Waals surface area contributed by atoms with Crippen molar-refractivity contribution in [3.63, 3.8) is 0 Å². The maximum atomic E-state index is 12.7. The fourth-order valence-corrected chi connectivity index (χ4v) is 6.17. The van der Waals surface area contributed by atoms with Crippen LogP contribution in [0.4, 0.5) is 0 Å². The average molecular weight is 375 g/mol. The largest absolute Gasteiger partial charge is 0.395 e. The predicted octanol–water partition coefficient (Wildman–Crippen LogP) is -1.60. The van der Waals surface area contributed by atoms with Gasteiger partial charge >= 0.3 is 0 Å². The SMILES string of the molecule is O=C(CCCN1CCOCC1)N1CCN(CCO)[C@@H]2CS(=O)(=O)C[C@@H]21. The third-order valence-corrected chi connectivity index (χ3v) is 7.17. The monoisotopic (exact) mass is 375 g/mol. The molecule has 3 aliphatic rings. The summed E-state index contributed by atoms with van der Waals surface area (Å²) in [4.78, 5) is 18.8. The molecule has 1 amide bonds. The standard InChI is InChI=1S/C16H29N3O5S/c20-9-6-18-4-5-19(15-13-25(22,23)12-14(15)18)16(21)2-1-3-17-7-10-24-11-8-17/h14-15,20H,1-13H2/t14-,15+/m1/s1. The van der Waals surface area contributed by atoms with Crippen LogP contribution in [0, 0.1) is 0 Å². The van der Waals surface area contributed by atoms with Crippen LogP contribution in [0.1, 0.15) is 12.8 Å². The number of aliphatic hydroxyl groups is 1. The molecule has 3 fully saturated rings. The van der Waals surface area contributed by atoms with Gasteiger partial charge in [0.15, 0.2) is 9.84 Å². The second kappa shape index (κ2) is 8.30. The summed E-state index contributed by atoms with van der Waals surface area (Å²) in [6, 6.07) is -0.435. The van der Waals surface area contributed by atoms with E-state index in [-0.39, 0.29) is 36.1 Å². The van der Waals surface area contributed by atoms with E-state index in [9.17, 15) is 18.3 Å². The van der Waals surface area contributed by atoms with Gasteiger partial charge in [0.2, 0.25) is 5.91 Å². The molecule has 0 unspecified atom stereocenters. The minimum Gasteiger partial charge on any atom is -0.395 e. The van der Waals surface area contributed by atoms with Gasteiger partial charge in [0, 0.05) is 45.2 Å². The lowest BCUT2D eigenvalue weighted by molar-refractivity contribution is -0.137. The molecule has 0 spiro atoms. The lowest BCUT2D eigenvalue weighted by Crippen LogP contribution is -2.61. The molecule has 3 saturated heterocycles. The van der Waals surface area contributed by atoms with Crippen molar-refractivity contribution in [1.29, 1.82) is 0 Å². The lowest BCUT2D eigenvalue weighted by atomic mass is 10.0. The van der Waals surface area contributed by atoms with Crippen molar-refractivity contribution in [3.05, 3.63) is 0 Å². The van der Waals surface area contributed by atoms with Gasteiger partial charge in [-0.25, -0.2) is 8.42 Å². The van der Waals surface area contributed by atoms with Gasteiger partial charge in [0.05, 0.1) is 37.4 Å². The van der Waals surface area contributed by atoms with Crippen molar-refractivity contribution in [2.45, 2.75) is 24.9 Å². The number of β-amino-alcohol motifs (C(OH)–C–C–N with tert-alkyl or cyclic N) is 1. The highest BCUT2D eigenvalue weighted by molar-refractivity contribution is 7.91. The normalized spacial score (nSPS) is 30.4. The Morgan fingerprint density at radius 2 is 1.76 bits per heavy atom. The Hall–Kier alpha value is -0.740. The summed E-state index contributed by atoms with van der Waals surface area (Å²) in [6.07, 6.45) is 1.25. The Bertz CT molecular complexity index is 564. The molecular weight excluding hydrogens is 346 g/mol. The van der Waals surface area contributed by atoms with Gasteiger partial charge in [-0.05, 0) is 13.0 Å². The molecule has 3 rings (SSSR count). The predicted molar refractivity (Wildman–Crippen MR) is 93.1 cm³/mol. The van der Waals surface area contributed by atoms with Crippen LogP contribution in [0.25, 0.3) is 0 Å². The quantitative estimate of drug-likeness (QED) is 0.598. The number of morpholine rings is 1. The summed E-state index contributed by atoms with van der Waals surface area (Å²) < 4.78 is 29.5. The molecule has 9 heteroatoms. The van der Waals surface area contributed by atoms with E-state index in [0.29, 0.717) is 26.1 Å². The van der Waals surface area contributed by atoms with Gasteiger partial charge in [-0.2, -0.15) is 0 Å². The number of ether oxygens (including phenoxy) is 1. The number of carbonyl (C=O) groups excluding carboxylic acids is 1. The van der Waals surface area contributed by atoms with Gasteiger partial charge in [0.1, 0.15) is 0 Å². The Kier molecular flexibility index (Phi) is 6.32. The maximum absolute atomic E-state index is 12.7. The molecular formula is C16H29N3O5S. The zero-order chi connectivity index (χ0) is 17.9. The fourth-order valence-electron chi connectivity index (χ4n) is 4.16. The molecule has 0 aromatic heterocycles. The molecule has 8 nitrogen and oxygen atoms in total. The van der Waals surface area contributed by atoms with Crippen molar-refractivity contribution < 1.29 is 23.1 Å². The topological polar surface area (TPSA) is 90.4 Å². The first-order chi connectivity index (χ1) is 12.0. The second-order valence-electron chi connectivity index (χ2n) is 7.12. The molecule has 1 N–H and O–H groups in total.